The third kappa shape index (κ3) is 4.43. The van der Waals surface area contributed by atoms with Gasteiger partial charge in [-0.2, -0.15) is 0 Å². The largest absolute Gasteiger partial charge is 0.489 e. The molecule has 106 valence electrons. The van der Waals surface area contributed by atoms with E-state index in [9.17, 15) is 0 Å². The lowest BCUT2D eigenvalue weighted by atomic mass is 9.97. The Kier molecular flexibility index (Phi) is 5.08. The number of nitrogens with one attached hydrogen (secondary N) is 1. The topological polar surface area (TPSA) is 24.5 Å². The zero-order valence-corrected chi connectivity index (χ0v) is 12.4. The first-order chi connectivity index (χ1) is 9.15. The van der Waals surface area contributed by atoms with Gasteiger partial charge < -0.3 is 15.0 Å². The van der Waals surface area contributed by atoms with Crippen molar-refractivity contribution in [1.82, 2.24) is 4.90 Å². The summed E-state index contributed by atoms with van der Waals surface area (Å²) in [6.45, 7) is 7.61. The minimum atomic E-state index is 0.214. The van der Waals surface area contributed by atoms with E-state index in [1.807, 2.05) is 12.1 Å². The summed E-state index contributed by atoms with van der Waals surface area (Å²) >= 11 is 0. The number of ether oxygens (including phenoxy) is 1. The van der Waals surface area contributed by atoms with Gasteiger partial charge in [-0.1, -0.05) is 12.1 Å². The normalized spacial score (nSPS) is 17.7. The number of hydrogen-bond donors (Lipinski definition) is 1. The predicted molar refractivity (Wildman–Crippen MR) is 80.9 cm³/mol. The lowest BCUT2D eigenvalue weighted by Gasteiger charge is -2.29. The molecule has 0 saturated carbocycles. The van der Waals surface area contributed by atoms with Gasteiger partial charge in [-0.3, -0.25) is 0 Å². The van der Waals surface area contributed by atoms with Crippen molar-refractivity contribution >= 4 is 5.69 Å². The van der Waals surface area contributed by atoms with Gasteiger partial charge in [-0.25, -0.2) is 0 Å². The number of piperidine rings is 1. The van der Waals surface area contributed by atoms with Crippen molar-refractivity contribution in [2.45, 2.75) is 32.8 Å². The first kappa shape index (κ1) is 14.2. The number of hydrogen-bond acceptors (Lipinski definition) is 3. The molecule has 1 fully saturated rings. The molecule has 0 aromatic heterocycles. The third-order valence-corrected chi connectivity index (χ3v) is 3.67. The smallest absolute Gasteiger partial charge is 0.142 e. The standard InChI is InChI=1S/C16H26N2O/c1-13(2)19-16-7-5-4-6-15(16)17-12-14-8-10-18(3)11-9-14/h4-7,13-14,17H,8-12H2,1-3H3. The van der Waals surface area contributed by atoms with Crippen LogP contribution in [0, 0.1) is 5.92 Å². The van der Waals surface area contributed by atoms with Crippen molar-refractivity contribution in [1.29, 1.82) is 0 Å². The van der Waals surface area contributed by atoms with E-state index in [2.05, 4.69) is 43.2 Å². The van der Waals surface area contributed by atoms with Crippen LogP contribution in [0.15, 0.2) is 24.3 Å². The van der Waals surface area contributed by atoms with Crippen molar-refractivity contribution in [2.24, 2.45) is 5.92 Å². The van der Waals surface area contributed by atoms with Gasteiger partial charge >= 0.3 is 0 Å². The van der Waals surface area contributed by atoms with Crippen LogP contribution in [-0.2, 0) is 0 Å². The predicted octanol–water partition coefficient (Wildman–Crippen LogP) is 3.23. The SMILES string of the molecule is CC(C)Oc1ccccc1NCC1CCN(C)CC1. The molecule has 1 aliphatic heterocycles. The summed E-state index contributed by atoms with van der Waals surface area (Å²) in [6.07, 6.45) is 2.79. The van der Waals surface area contributed by atoms with Crippen molar-refractivity contribution in [3.63, 3.8) is 0 Å². The minimum absolute atomic E-state index is 0.214. The Morgan fingerprint density at radius 1 is 1.26 bits per heavy atom. The number of anilines is 1. The zero-order valence-electron chi connectivity index (χ0n) is 12.4. The van der Waals surface area contributed by atoms with Crippen LogP contribution in [0.2, 0.25) is 0 Å². The van der Waals surface area contributed by atoms with Crippen molar-refractivity contribution in [3.8, 4) is 5.75 Å². The van der Waals surface area contributed by atoms with E-state index in [-0.39, 0.29) is 6.10 Å². The van der Waals surface area contributed by atoms with Gasteiger partial charge in [-0.15, -0.1) is 0 Å². The van der Waals surface area contributed by atoms with Gasteiger partial charge in [0.05, 0.1) is 11.8 Å². The quantitative estimate of drug-likeness (QED) is 0.881. The molecule has 0 bridgehead atoms. The molecule has 2 rings (SSSR count). The highest BCUT2D eigenvalue weighted by atomic mass is 16.5. The molecule has 1 saturated heterocycles. The Morgan fingerprint density at radius 3 is 2.63 bits per heavy atom. The van der Waals surface area contributed by atoms with E-state index in [0.717, 1.165) is 23.9 Å². The highest BCUT2D eigenvalue weighted by Gasteiger charge is 2.16. The molecule has 0 atom stereocenters. The maximum Gasteiger partial charge on any atom is 0.142 e. The number of para-hydroxylation sites is 2. The molecule has 3 nitrogen and oxygen atoms in total. The van der Waals surface area contributed by atoms with E-state index < -0.39 is 0 Å². The van der Waals surface area contributed by atoms with E-state index >= 15 is 0 Å². The minimum Gasteiger partial charge on any atom is -0.489 e. The van der Waals surface area contributed by atoms with Gasteiger partial charge in [0, 0.05) is 6.54 Å². The highest BCUT2D eigenvalue weighted by Crippen LogP contribution is 2.26. The zero-order chi connectivity index (χ0) is 13.7. The molecule has 1 heterocycles. The molecule has 0 spiro atoms. The van der Waals surface area contributed by atoms with Crippen LogP contribution >= 0.6 is 0 Å². The van der Waals surface area contributed by atoms with Crippen molar-refractivity contribution in [2.75, 3.05) is 32.0 Å². The monoisotopic (exact) mass is 262 g/mol. The van der Waals surface area contributed by atoms with E-state index in [4.69, 9.17) is 4.74 Å². The molecule has 1 aromatic rings. The second-order valence-corrected chi connectivity index (χ2v) is 5.79. The van der Waals surface area contributed by atoms with Gasteiger partial charge in [0.2, 0.25) is 0 Å². The number of benzene rings is 1. The van der Waals surface area contributed by atoms with Crippen LogP contribution in [0.4, 0.5) is 5.69 Å². The van der Waals surface area contributed by atoms with Crippen LogP contribution in [0.25, 0.3) is 0 Å². The molecule has 1 N–H and O–H groups in total. The fourth-order valence-electron chi connectivity index (χ4n) is 2.49. The molecule has 0 aliphatic carbocycles. The van der Waals surface area contributed by atoms with Crippen LogP contribution < -0.4 is 10.1 Å². The molecule has 3 heteroatoms. The first-order valence-corrected chi connectivity index (χ1v) is 7.33. The average Bonchev–Trinajstić information content (AvgIpc) is 2.39. The van der Waals surface area contributed by atoms with Crippen molar-refractivity contribution in [3.05, 3.63) is 24.3 Å². The number of likely N-dealkylation sites (tertiary alicyclic amines) is 1. The molecule has 1 aromatic carbocycles. The lowest BCUT2D eigenvalue weighted by molar-refractivity contribution is 0.225. The van der Waals surface area contributed by atoms with Crippen LogP contribution in [0.5, 0.6) is 5.75 Å². The molecular weight excluding hydrogens is 236 g/mol. The van der Waals surface area contributed by atoms with Crippen LogP contribution in [-0.4, -0.2) is 37.7 Å². The maximum atomic E-state index is 5.83. The van der Waals surface area contributed by atoms with Gasteiger partial charge in [0.15, 0.2) is 0 Å². The second kappa shape index (κ2) is 6.80. The van der Waals surface area contributed by atoms with Crippen LogP contribution in [0.1, 0.15) is 26.7 Å². The van der Waals surface area contributed by atoms with E-state index in [0.29, 0.717) is 0 Å². The lowest BCUT2D eigenvalue weighted by Crippen LogP contribution is -2.33. The van der Waals surface area contributed by atoms with Gasteiger partial charge in [-0.05, 0) is 64.9 Å². The molecule has 1 aliphatic rings. The van der Waals surface area contributed by atoms with Crippen LogP contribution in [0.3, 0.4) is 0 Å². The summed E-state index contributed by atoms with van der Waals surface area (Å²) < 4.78 is 5.83. The Labute approximate surface area is 116 Å². The Morgan fingerprint density at radius 2 is 1.95 bits per heavy atom. The summed E-state index contributed by atoms with van der Waals surface area (Å²) in [5, 5.41) is 3.56. The Balaban J connectivity index is 1.88. The Hall–Kier alpha value is -1.22. The fraction of sp³-hybridized carbons (Fsp3) is 0.625. The van der Waals surface area contributed by atoms with Crippen molar-refractivity contribution < 1.29 is 4.74 Å². The molecule has 0 unspecified atom stereocenters. The fourth-order valence-corrected chi connectivity index (χ4v) is 2.49. The summed E-state index contributed by atoms with van der Waals surface area (Å²) in [7, 11) is 2.20. The van der Waals surface area contributed by atoms with E-state index in [1.165, 1.54) is 25.9 Å². The third-order valence-electron chi connectivity index (χ3n) is 3.67. The van der Waals surface area contributed by atoms with Gasteiger partial charge in [0.25, 0.3) is 0 Å². The summed E-state index contributed by atoms with van der Waals surface area (Å²) in [4.78, 5) is 2.41. The molecule has 0 radical (unpaired) electrons. The Bertz CT molecular complexity index is 384. The summed E-state index contributed by atoms with van der Waals surface area (Å²) in [5.41, 5.74) is 1.12. The summed E-state index contributed by atoms with van der Waals surface area (Å²) in [5.74, 6) is 1.74. The average molecular weight is 262 g/mol. The van der Waals surface area contributed by atoms with E-state index in [1.54, 1.807) is 0 Å². The number of rotatable bonds is 5. The molecule has 19 heavy (non-hydrogen) atoms. The summed E-state index contributed by atoms with van der Waals surface area (Å²) in [6, 6.07) is 8.23. The van der Waals surface area contributed by atoms with Gasteiger partial charge in [0.1, 0.15) is 5.75 Å². The number of nitrogens with zero attached hydrogens (tertiary/aromatic N) is 1. The highest BCUT2D eigenvalue weighted by molar-refractivity contribution is 5.56. The maximum absolute atomic E-state index is 5.83. The molecule has 0 amide bonds. The first-order valence-electron chi connectivity index (χ1n) is 7.33. The molecular formula is C16H26N2O. The second-order valence-electron chi connectivity index (χ2n) is 5.79.